The second kappa shape index (κ2) is 7.50. The van der Waals surface area contributed by atoms with Crippen molar-refractivity contribution in [1.29, 1.82) is 0 Å². The molecule has 4 nitrogen and oxygen atoms in total. The summed E-state index contributed by atoms with van der Waals surface area (Å²) < 4.78 is 12.7. The Morgan fingerprint density at radius 1 is 1.45 bits per heavy atom. The van der Waals surface area contributed by atoms with Gasteiger partial charge in [-0.2, -0.15) is 0 Å². The van der Waals surface area contributed by atoms with Crippen molar-refractivity contribution in [2.24, 2.45) is 0 Å². The zero-order chi connectivity index (χ0) is 14.4. The maximum atomic E-state index is 6.15. The van der Waals surface area contributed by atoms with Crippen molar-refractivity contribution in [2.45, 2.75) is 37.8 Å². The fraction of sp³-hybridized carbons (Fsp3) is 0.667. The van der Waals surface area contributed by atoms with Gasteiger partial charge in [0.15, 0.2) is 0 Å². The lowest BCUT2D eigenvalue weighted by atomic mass is 9.83. The van der Waals surface area contributed by atoms with Crippen molar-refractivity contribution in [3.05, 3.63) is 28.5 Å². The first kappa shape index (κ1) is 15.9. The van der Waals surface area contributed by atoms with Crippen LogP contribution in [0, 0.1) is 0 Å². The number of hydrogen-bond acceptors (Lipinski definition) is 4. The third-order valence-corrected chi connectivity index (χ3v) is 4.39. The fourth-order valence-electron chi connectivity index (χ4n) is 2.95. The standard InChI is InChI=1S/C15H23BrN2O2/c1-3-20-15(4-6-19-7-5-15)14(17-2)9-12-8-13(16)11-18-10-12/h8,10-11,14,17H,3-7,9H2,1-2H3. The number of ether oxygens (including phenoxy) is 2. The van der Waals surface area contributed by atoms with Crippen LogP contribution in [0.5, 0.6) is 0 Å². The molecule has 0 saturated carbocycles. The minimum Gasteiger partial charge on any atom is -0.381 e. The highest BCUT2D eigenvalue weighted by molar-refractivity contribution is 9.10. The summed E-state index contributed by atoms with van der Waals surface area (Å²) in [5.41, 5.74) is 1.08. The molecule has 0 aromatic carbocycles. The Kier molecular flexibility index (Phi) is 5.96. The zero-order valence-electron chi connectivity index (χ0n) is 12.2. The largest absolute Gasteiger partial charge is 0.381 e. The molecule has 1 fully saturated rings. The van der Waals surface area contributed by atoms with Crippen LogP contribution in [0.15, 0.2) is 22.9 Å². The molecule has 1 saturated heterocycles. The van der Waals surface area contributed by atoms with Gasteiger partial charge < -0.3 is 14.8 Å². The van der Waals surface area contributed by atoms with Crippen LogP contribution in [0.3, 0.4) is 0 Å². The van der Waals surface area contributed by atoms with Crippen LogP contribution in [-0.2, 0) is 15.9 Å². The Balaban J connectivity index is 2.15. The van der Waals surface area contributed by atoms with E-state index < -0.39 is 0 Å². The molecule has 1 atom stereocenters. The molecular weight excluding hydrogens is 320 g/mol. The summed E-state index contributed by atoms with van der Waals surface area (Å²) in [6.07, 6.45) is 6.52. The van der Waals surface area contributed by atoms with Crippen LogP contribution in [-0.4, -0.2) is 43.5 Å². The van der Waals surface area contributed by atoms with E-state index in [0.29, 0.717) is 0 Å². The highest BCUT2D eigenvalue weighted by Gasteiger charge is 2.40. The normalized spacial score (nSPS) is 19.8. The summed E-state index contributed by atoms with van der Waals surface area (Å²) in [7, 11) is 2.01. The Hall–Kier alpha value is -0.490. The third kappa shape index (κ3) is 3.79. The van der Waals surface area contributed by atoms with Crippen LogP contribution in [0.1, 0.15) is 25.3 Å². The van der Waals surface area contributed by atoms with Gasteiger partial charge in [-0.05, 0) is 48.0 Å². The van der Waals surface area contributed by atoms with Crippen LogP contribution in [0.4, 0.5) is 0 Å². The molecule has 5 heteroatoms. The van der Waals surface area contributed by atoms with E-state index in [-0.39, 0.29) is 11.6 Å². The first-order valence-electron chi connectivity index (χ1n) is 7.18. The number of halogens is 1. The molecule has 0 spiro atoms. The van der Waals surface area contributed by atoms with Crippen molar-refractivity contribution in [3.63, 3.8) is 0 Å². The molecule has 112 valence electrons. The SMILES string of the molecule is CCOC1(C(Cc2cncc(Br)c2)NC)CCOCC1. The third-order valence-electron chi connectivity index (χ3n) is 3.96. The average molecular weight is 343 g/mol. The summed E-state index contributed by atoms with van der Waals surface area (Å²) in [4.78, 5) is 4.25. The summed E-state index contributed by atoms with van der Waals surface area (Å²) in [6.45, 7) is 4.34. The highest BCUT2D eigenvalue weighted by Crippen LogP contribution is 2.31. The Bertz CT molecular complexity index is 417. The molecule has 20 heavy (non-hydrogen) atoms. The first-order chi connectivity index (χ1) is 9.70. The second-order valence-corrected chi connectivity index (χ2v) is 6.08. The van der Waals surface area contributed by atoms with Gasteiger partial charge in [0.05, 0.1) is 5.60 Å². The van der Waals surface area contributed by atoms with Gasteiger partial charge in [-0.25, -0.2) is 0 Å². The monoisotopic (exact) mass is 342 g/mol. The summed E-state index contributed by atoms with van der Waals surface area (Å²) in [6, 6.07) is 2.39. The van der Waals surface area contributed by atoms with E-state index >= 15 is 0 Å². The Morgan fingerprint density at radius 2 is 2.20 bits per heavy atom. The predicted octanol–water partition coefficient (Wildman–Crippen LogP) is 2.56. The molecule has 1 aromatic heterocycles. The molecule has 1 aliphatic heterocycles. The molecular formula is C15H23BrN2O2. The number of pyridine rings is 1. The lowest BCUT2D eigenvalue weighted by Gasteiger charge is -2.43. The second-order valence-electron chi connectivity index (χ2n) is 5.17. The predicted molar refractivity (Wildman–Crippen MR) is 82.9 cm³/mol. The minimum atomic E-state index is -0.135. The van der Waals surface area contributed by atoms with Crippen LogP contribution in [0.25, 0.3) is 0 Å². The molecule has 0 amide bonds. The fourth-order valence-corrected chi connectivity index (χ4v) is 3.36. The van der Waals surface area contributed by atoms with Crippen molar-refractivity contribution >= 4 is 15.9 Å². The quantitative estimate of drug-likeness (QED) is 0.862. The summed E-state index contributed by atoms with van der Waals surface area (Å²) >= 11 is 3.48. The Labute approximate surface area is 129 Å². The van der Waals surface area contributed by atoms with Crippen LogP contribution >= 0.6 is 15.9 Å². The van der Waals surface area contributed by atoms with Gasteiger partial charge in [-0.3, -0.25) is 4.98 Å². The molecule has 2 heterocycles. The van der Waals surface area contributed by atoms with E-state index in [1.54, 1.807) is 0 Å². The number of nitrogens with one attached hydrogen (secondary N) is 1. The highest BCUT2D eigenvalue weighted by atomic mass is 79.9. The lowest BCUT2D eigenvalue weighted by molar-refractivity contribution is -0.125. The van der Waals surface area contributed by atoms with Gasteiger partial charge in [0, 0.05) is 55.6 Å². The smallest absolute Gasteiger partial charge is 0.0881 e. The van der Waals surface area contributed by atoms with Crippen LogP contribution in [0.2, 0.25) is 0 Å². The number of rotatable bonds is 6. The molecule has 1 aromatic rings. The van der Waals surface area contributed by atoms with Gasteiger partial charge in [0.2, 0.25) is 0 Å². The lowest BCUT2D eigenvalue weighted by Crippen LogP contribution is -2.55. The first-order valence-corrected chi connectivity index (χ1v) is 7.98. The number of hydrogen-bond donors (Lipinski definition) is 1. The van der Waals surface area contributed by atoms with Crippen LogP contribution < -0.4 is 5.32 Å². The number of likely N-dealkylation sites (N-methyl/N-ethyl adjacent to an activating group) is 1. The number of aromatic nitrogens is 1. The molecule has 0 radical (unpaired) electrons. The molecule has 1 aliphatic rings. The van der Waals surface area contributed by atoms with Crippen molar-refractivity contribution in [1.82, 2.24) is 10.3 Å². The molecule has 0 bridgehead atoms. The van der Waals surface area contributed by atoms with Gasteiger partial charge in [-0.1, -0.05) is 0 Å². The van der Waals surface area contributed by atoms with E-state index in [2.05, 4.69) is 39.2 Å². The van der Waals surface area contributed by atoms with E-state index in [1.807, 2.05) is 19.4 Å². The van der Waals surface area contributed by atoms with Gasteiger partial charge >= 0.3 is 0 Å². The summed E-state index contributed by atoms with van der Waals surface area (Å²) in [5.74, 6) is 0. The average Bonchev–Trinajstić information content (AvgIpc) is 2.46. The van der Waals surface area contributed by atoms with E-state index in [9.17, 15) is 0 Å². The maximum Gasteiger partial charge on any atom is 0.0881 e. The number of nitrogens with zero attached hydrogens (tertiary/aromatic N) is 1. The molecule has 1 N–H and O–H groups in total. The molecule has 2 rings (SSSR count). The van der Waals surface area contributed by atoms with E-state index in [1.165, 1.54) is 5.56 Å². The maximum absolute atomic E-state index is 6.15. The van der Waals surface area contributed by atoms with Crippen molar-refractivity contribution in [2.75, 3.05) is 26.9 Å². The molecule has 1 unspecified atom stereocenters. The van der Waals surface area contributed by atoms with E-state index in [4.69, 9.17) is 9.47 Å². The summed E-state index contributed by atoms with van der Waals surface area (Å²) in [5, 5.41) is 3.44. The zero-order valence-corrected chi connectivity index (χ0v) is 13.8. The van der Waals surface area contributed by atoms with Crippen molar-refractivity contribution < 1.29 is 9.47 Å². The van der Waals surface area contributed by atoms with Gasteiger partial charge in [0.25, 0.3) is 0 Å². The van der Waals surface area contributed by atoms with Gasteiger partial charge in [0.1, 0.15) is 0 Å². The van der Waals surface area contributed by atoms with E-state index in [0.717, 1.165) is 43.6 Å². The topological polar surface area (TPSA) is 43.4 Å². The minimum absolute atomic E-state index is 0.135. The van der Waals surface area contributed by atoms with Gasteiger partial charge in [-0.15, -0.1) is 0 Å². The molecule has 0 aliphatic carbocycles. The Morgan fingerprint density at radius 3 is 2.80 bits per heavy atom. The van der Waals surface area contributed by atoms with Crippen molar-refractivity contribution in [3.8, 4) is 0 Å².